The monoisotopic (exact) mass is 433 g/mol. The number of nitro groups is 1. The normalized spacial score (nSPS) is 11.5. The average Bonchev–Trinajstić information content (AvgIpc) is 3.33. The topological polar surface area (TPSA) is 143 Å². The van der Waals surface area contributed by atoms with Gasteiger partial charge in [0.25, 0.3) is 0 Å². The number of carbonyl (C=O) groups is 3. The van der Waals surface area contributed by atoms with Gasteiger partial charge in [-0.15, -0.1) is 0 Å². The van der Waals surface area contributed by atoms with Crippen molar-refractivity contribution in [3.63, 3.8) is 0 Å². The molecule has 2 aromatic heterocycles. The van der Waals surface area contributed by atoms with Gasteiger partial charge in [0.1, 0.15) is 11.5 Å². The second-order valence-electron chi connectivity index (χ2n) is 5.76. The molecule has 0 fully saturated rings. The number of amides is 1. The lowest BCUT2D eigenvalue weighted by molar-refractivity contribution is -0.402. The number of benzene rings is 1. The molecule has 156 valence electrons. The van der Waals surface area contributed by atoms with Gasteiger partial charge in [-0.05, 0) is 31.2 Å². The molecule has 0 aliphatic rings. The molecule has 11 nitrogen and oxygen atoms in total. The lowest BCUT2D eigenvalue weighted by Gasteiger charge is -2.05. The summed E-state index contributed by atoms with van der Waals surface area (Å²) in [5.74, 6) is -2.86. The van der Waals surface area contributed by atoms with Crippen LogP contribution in [-0.4, -0.2) is 41.1 Å². The Morgan fingerprint density at radius 3 is 2.67 bits per heavy atom. The summed E-state index contributed by atoms with van der Waals surface area (Å²) in [6, 6.07) is 6.85. The van der Waals surface area contributed by atoms with Crippen molar-refractivity contribution >= 4 is 45.3 Å². The molecule has 12 heteroatoms. The summed E-state index contributed by atoms with van der Waals surface area (Å²) in [7, 11) is 1.25. The maximum absolute atomic E-state index is 12.4. The molecule has 0 N–H and O–H groups in total. The standard InChI is InChI=1S/C18H15N3O8S/c1-3-28-15(22)9-20-11-5-4-10(17(24)27-2)8-13(11)30-18(20)19-16(23)12-6-7-14(29-12)21(25)26/h4-8H,3,9H2,1-2H3. The van der Waals surface area contributed by atoms with E-state index in [9.17, 15) is 24.5 Å². The van der Waals surface area contributed by atoms with Crippen LogP contribution in [0.25, 0.3) is 10.2 Å². The van der Waals surface area contributed by atoms with Crippen LogP contribution in [-0.2, 0) is 20.8 Å². The fourth-order valence-corrected chi connectivity index (χ4v) is 3.64. The van der Waals surface area contributed by atoms with Crippen molar-refractivity contribution in [3.8, 4) is 0 Å². The van der Waals surface area contributed by atoms with Crippen LogP contribution in [0.3, 0.4) is 0 Å². The predicted molar refractivity (Wildman–Crippen MR) is 103 cm³/mol. The van der Waals surface area contributed by atoms with Crippen LogP contribution in [0.4, 0.5) is 5.88 Å². The van der Waals surface area contributed by atoms with E-state index >= 15 is 0 Å². The van der Waals surface area contributed by atoms with E-state index in [0.29, 0.717) is 10.2 Å². The van der Waals surface area contributed by atoms with Gasteiger partial charge < -0.3 is 18.5 Å². The van der Waals surface area contributed by atoms with Crippen molar-refractivity contribution in [2.24, 2.45) is 4.99 Å². The lowest BCUT2D eigenvalue weighted by atomic mass is 10.2. The second kappa shape index (κ2) is 8.69. The van der Waals surface area contributed by atoms with Crippen molar-refractivity contribution < 1.29 is 33.2 Å². The Morgan fingerprint density at radius 2 is 2.03 bits per heavy atom. The van der Waals surface area contributed by atoms with Crippen LogP contribution in [0.2, 0.25) is 0 Å². The van der Waals surface area contributed by atoms with Crippen LogP contribution in [0.5, 0.6) is 0 Å². The van der Waals surface area contributed by atoms with Crippen LogP contribution in [0.15, 0.2) is 39.7 Å². The zero-order valence-electron chi connectivity index (χ0n) is 15.8. The van der Waals surface area contributed by atoms with E-state index in [2.05, 4.69) is 4.99 Å². The molecule has 3 aromatic rings. The average molecular weight is 433 g/mol. The molecule has 2 heterocycles. The van der Waals surface area contributed by atoms with E-state index in [1.54, 1.807) is 19.1 Å². The van der Waals surface area contributed by atoms with Crippen molar-refractivity contribution in [1.82, 2.24) is 4.57 Å². The molecule has 0 atom stereocenters. The SMILES string of the molecule is CCOC(=O)Cn1c(=NC(=O)c2ccc([N+](=O)[O-])o2)sc2cc(C(=O)OC)ccc21. The Morgan fingerprint density at radius 1 is 1.27 bits per heavy atom. The lowest BCUT2D eigenvalue weighted by Crippen LogP contribution is -2.23. The van der Waals surface area contributed by atoms with Gasteiger partial charge in [-0.1, -0.05) is 11.3 Å². The molecule has 30 heavy (non-hydrogen) atoms. The number of methoxy groups -OCH3 is 1. The van der Waals surface area contributed by atoms with Gasteiger partial charge >= 0.3 is 23.7 Å². The summed E-state index contributed by atoms with van der Waals surface area (Å²) >= 11 is 1.05. The first-order valence-corrected chi connectivity index (χ1v) is 9.36. The van der Waals surface area contributed by atoms with E-state index in [0.717, 1.165) is 23.5 Å². The number of rotatable bonds is 6. The van der Waals surface area contributed by atoms with Gasteiger partial charge in [-0.3, -0.25) is 19.7 Å². The third-order valence-corrected chi connectivity index (χ3v) is 4.92. The molecule has 0 spiro atoms. The van der Waals surface area contributed by atoms with Gasteiger partial charge in [0.05, 0.1) is 35.6 Å². The summed E-state index contributed by atoms with van der Waals surface area (Å²) in [5.41, 5.74) is 0.826. The molecule has 3 rings (SSSR count). The first kappa shape index (κ1) is 20.9. The number of hydrogen-bond donors (Lipinski definition) is 0. The molecular formula is C18H15N3O8S. The number of carbonyl (C=O) groups excluding carboxylic acids is 3. The van der Waals surface area contributed by atoms with Crippen LogP contribution in [0.1, 0.15) is 27.8 Å². The molecule has 1 amide bonds. The summed E-state index contributed by atoms with van der Waals surface area (Å²) in [4.78, 5) is 50.3. The van der Waals surface area contributed by atoms with Crippen molar-refractivity contribution in [3.05, 3.63) is 56.6 Å². The van der Waals surface area contributed by atoms with Gasteiger partial charge in [-0.25, -0.2) is 4.79 Å². The van der Waals surface area contributed by atoms with Crippen LogP contribution >= 0.6 is 11.3 Å². The zero-order valence-corrected chi connectivity index (χ0v) is 16.6. The molecule has 0 bridgehead atoms. The van der Waals surface area contributed by atoms with E-state index < -0.39 is 28.7 Å². The summed E-state index contributed by atoms with van der Waals surface area (Å²) < 4.78 is 16.6. The third-order valence-electron chi connectivity index (χ3n) is 3.88. The van der Waals surface area contributed by atoms with Gasteiger partial charge in [0, 0.05) is 0 Å². The highest BCUT2D eigenvalue weighted by atomic mass is 32.1. The van der Waals surface area contributed by atoms with E-state index in [1.807, 2.05) is 0 Å². The smallest absolute Gasteiger partial charge is 0.433 e. The maximum atomic E-state index is 12.4. The number of fused-ring (bicyclic) bond motifs is 1. The number of nitrogens with zero attached hydrogens (tertiary/aromatic N) is 3. The molecule has 0 aliphatic carbocycles. The van der Waals surface area contributed by atoms with Crippen LogP contribution in [0, 0.1) is 10.1 Å². The first-order chi connectivity index (χ1) is 14.3. The van der Waals surface area contributed by atoms with Gasteiger partial charge in [-0.2, -0.15) is 4.99 Å². The Balaban J connectivity index is 2.10. The minimum absolute atomic E-state index is 0.129. The number of hydrogen-bond acceptors (Lipinski definition) is 9. The molecular weight excluding hydrogens is 418 g/mol. The summed E-state index contributed by atoms with van der Waals surface area (Å²) in [6.07, 6.45) is 0. The van der Waals surface area contributed by atoms with Gasteiger partial charge in [0.2, 0.25) is 5.76 Å². The molecule has 0 unspecified atom stereocenters. The summed E-state index contributed by atoms with van der Waals surface area (Å²) in [6.45, 7) is 1.61. The van der Waals surface area contributed by atoms with Crippen molar-refractivity contribution in [2.75, 3.05) is 13.7 Å². The van der Waals surface area contributed by atoms with E-state index in [4.69, 9.17) is 13.9 Å². The fourth-order valence-electron chi connectivity index (χ4n) is 2.57. The molecule has 1 aromatic carbocycles. The third kappa shape index (κ3) is 4.27. The largest absolute Gasteiger partial charge is 0.465 e. The molecule has 0 radical (unpaired) electrons. The number of esters is 2. The predicted octanol–water partition coefficient (Wildman–Crippen LogP) is 2.29. The molecule has 0 saturated heterocycles. The highest BCUT2D eigenvalue weighted by molar-refractivity contribution is 7.16. The highest BCUT2D eigenvalue weighted by Gasteiger charge is 2.19. The number of aromatic nitrogens is 1. The number of thiazole rings is 1. The second-order valence-corrected chi connectivity index (χ2v) is 6.77. The minimum atomic E-state index is -0.861. The maximum Gasteiger partial charge on any atom is 0.433 e. The first-order valence-electron chi connectivity index (χ1n) is 8.54. The Bertz CT molecular complexity index is 1220. The summed E-state index contributed by atoms with van der Waals surface area (Å²) in [5, 5.41) is 10.7. The van der Waals surface area contributed by atoms with Crippen molar-refractivity contribution in [1.29, 1.82) is 0 Å². The molecule has 0 saturated carbocycles. The Hall–Kier alpha value is -3.80. The van der Waals surface area contributed by atoms with Crippen LogP contribution < -0.4 is 4.80 Å². The fraction of sp³-hybridized carbons (Fsp3) is 0.222. The Labute approximate surface area is 172 Å². The quantitative estimate of drug-likeness (QED) is 0.327. The minimum Gasteiger partial charge on any atom is -0.465 e. The highest BCUT2D eigenvalue weighted by Crippen LogP contribution is 2.21. The number of ether oxygens (including phenoxy) is 2. The van der Waals surface area contributed by atoms with E-state index in [-0.39, 0.29) is 29.3 Å². The Kier molecular flexibility index (Phi) is 6.06. The van der Waals surface area contributed by atoms with Crippen molar-refractivity contribution in [2.45, 2.75) is 13.5 Å². The van der Waals surface area contributed by atoms with Gasteiger partial charge in [0.15, 0.2) is 4.80 Å². The van der Waals surface area contributed by atoms with E-state index in [1.165, 1.54) is 17.7 Å². The molecule has 0 aliphatic heterocycles. The number of furan rings is 1. The zero-order chi connectivity index (χ0) is 21.8.